The van der Waals surface area contributed by atoms with E-state index >= 15 is 0 Å². The second kappa shape index (κ2) is 5.80. The van der Waals surface area contributed by atoms with E-state index in [0.29, 0.717) is 0 Å². The molecule has 0 aliphatic carbocycles. The van der Waals surface area contributed by atoms with Gasteiger partial charge in [0.25, 0.3) is 0 Å². The van der Waals surface area contributed by atoms with Gasteiger partial charge in [-0.15, -0.1) is 0 Å². The Balaban J connectivity index is 2.21. The second-order valence-electron chi connectivity index (χ2n) is 4.02. The molecule has 0 fully saturated rings. The highest BCUT2D eigenvalue weighted by Crippen LogP contribution is 2.29. The SMILES string of the molecule is Cc1nccnc1C(C)Nc1ccc(Br)cc1Br. The van der Waals surface area contributed by atoms with E-state index in [1.54, 1.807) is 12.4 Å². The summed E-state index contributed by atoms with van der Waals surface area (Å²) in [6.07, 6.45) is 3.43. The molecule has 0 saturated carbocycles. The highest BCUT2D eigenvalue weighted by atomic mass is 79.9. The largest absolute Gasteiger partial charge is 0.376 e. The van der Waals surface area contributed by atoms with Crippen molar-refractivity contribution >= 4 is 37.5 Å². The van der Waals surface area contributed by atoms with E-state index in [2.05, 4.69) is 54.1 Å². The van der Waals surface area contributed by atoms with Crippen molar-refractivity contribution in [3.8, 4) is 0 Å². The first-order valence-electron chi connectivity index (χ1n) is 5.57. The smallest absolute Gasteiger partial charge is 0.0835 e. The number of aryl methyl sites for hydroxylation is 1. The van der Waals surface area contributed by atoms with Crippen molar-refractivity contribution < 1.29 is 0 Å². The standard InChI is InChI=1S/C13H13Br2N3/c1-8-13(17-6-5-16-8)9(2)18-12-4-3-10(14)7-11(12)15/h3-7,9,18H,1-2H3. The minimum atomic E-state index is 0.108. The van der Waals surface area contributed by atoms with Crippen LogP contribution < -0.4 is 5.32 Å². The van der Waals surface area contributed by atoms with Crippen LogP contribution in [0.3, 0.4) is 0 Å². The third-order valence-electron chi connectivity index (χ3n) is 2.63. The van der Waals surface area contributed by atoms with Crippen LogP contribution in [0.1, 0.15) is 24.4 Å². The summed E-state index contributed by atoms with van der Waals surface area (Å²) in [5.74, 6) is 0. The van der Waals surface area contributed by atoms with E-state index in [0.717, 1.165) is 26.0 Å². The lowest BCUT2D eigenvalue weighted by Crippen LogP contribution is -2.11. The molecule has 1 heterocycles. The lowest BCUT2D eigenvalue weighted by atomic mass is 10.2. The molecule has 18 heavy (non-hydrogen) atoms. The van der Waals surface area contributed by atoms with E-state index in [-0.39, 0.29) is 6.04 Å². The summed E-state index contributed by atoms with van der Waals surface area (Å²) < 4.78 is 2.06. The molecule has 1 atom stereocenters. The molecule has 0 amide bonds. The first-order chi connectivity index (χ1) is 8.58. The van der Waals surface area contributed by atoms with Gasteiger partial charge in [0.05, 0.1) is 17.4 Å². The zero-order chi connectivity index (χ0) is 13.1. The van der Waals surface area contributed by atoms with E-state index in [1.807, 2.05) is 25.1 Å². The number of hydrogen-bond donors (Lipinski definition) is 1. The molecule has 1 unspecified atom stereocenters. The number of nitrogens with one attached hydrogen (secondary N) is 1. The summed E-state index contributed by atoms with van der Waals surface area (Å²) >= 11 is 6.98. The zero-order valence-corrected chi connectivity index (χ0v) is 13.3. The van der Waals surface area contributed by atoms with Gasteiger partial charge in [0.15, 0.2) is 0 Å². The Labute approximate surface area is 123 Å². The van der Waals surface area contributed by atoms with Gasteiger partial charge in [-0.25, -0.2) is 0 Å². The highest BCUT2D eigenvalue weighted by molar-refractivity contribution is 9.11. The van der Waals surface area contributed by atoms with Crippen molar-refractivity contribution in [1.29, 1.82) is 0 Å². The number of rotatable bonds is 3. The monoisotopic (exact) mass is 369 g/mol. The van der Waals surface area contributed by atoms with Crippen LogP contribution in [0.4, 0.5) is 5.69 Å². The predicted octanol–water partition coefficient (Wildman–Crippen LogP) is 4.48. The molecule has 5 heteroatoms. The molecular weight excluding hydrogens is 358 g/mol. The first kappa shape index (κ1) is 13.5. The molecule has 0 aliphatic heterocycles. The van der Waals surface area contributed by atoms with Crippen molar-refractivity contribution in [2.24, 2.45) is 0 Å². The number of halogens is 2. The number of benzene rings is 1. The Bertz CT molecular complexity index is 558. The quantitative estimate of drug-likeness (QED) is 0.865. The fourth-order valence-corrected chi connectivity index (χ4v) is 2.91. The van der Waals surface area contributed by atoms with Crippen molar-refractivity contribution in [3.63, 3.8) is 0 Å². The van der Waals surface area contributed by atoms with Gasteiger partial charge in [0.1, 0.15) is 0 Å². The molecule has 1 aromatic heterocycles. The van der Waals surface area contributed by atoms with Gasteiger partial charge in [0, 0.05) is 27.0 Å². The van der Waals surface area contributed by atoms with E-state index in [4.69, 9.17) is 0 Å². The van der Waals surface area contributed by atoms with E-state index in [1.165, 1.54) is 0 Å². The van der Waals surface area contributed by atoms with E-state index in [9.17, 15) is 0 Å². The van der Waals surface area contributed by atoms with Gasteiger partial charge in [-0.3, -0.25) is 9.97 Å². The van der Waals surface area contributed by atoms with Gasteiger partial charge in [0.2, 0.25) is 0 Å². The summed E-state index contributed by atoms with van der Waals surface area (Å²) in [4.78, 5) is 8.63. The zero-order valence-electron chi connectivity index (χ0n) is 10.1. The van der Waals surface area contributed by atoms with Gasteiger partial charge in [-0.2, -0.15) is 0 Å². The van der Waals surface area contributed by atoms with E-state index < -0.39 is 0 Å². The van der Waals surface area contributed by atoms with Gasteiger partial charge >= 0.3 is 0 Å². The lowest BCUT2D eigenvalue weighted by molar-refractivity contribution is 0.809. The summed E-state index contributed by atoms with van der Waals surface area (Å²) in [6.45, 7) is 4.04. The van der Waals surface area contributed by atoms with Crippen molar-refractivity contribution in [3.05, 3.63) is 50.9 Å². The number of aromatic nitrogens is 2. The van der Waals surface area contributed by atoms with Crippen LogP contribution in [0.5, 0.6) is 0 Å². The molecule has 0 spiro atoms. The Hall–Kier alpha value is -0.940. The molecule has 0 bridgehead atoms. The third-order valence-corrected chi connectivity index (χ3v) is 3.78. The summed E-state index contributed by atoms with van der Waals surface area (Å²) in [6, 6.07) is 6.15. The Morgan fingerprint density at radius 2 is 1.89 bits per heavy atom. The first-order valence-corrected chi connectivity index (χ1v) is 7.15. The topological polar surface area (TPSA) is 37.8 Å². The lowest BCUT2D eigenvalue weighted by Gasteiger charge is -2.17. The summed E-state index contributed by atoms with van der Waals surface area (Å²) in [5.41, 5.74) is 2.95. The number of anilines is 1. The average molecular weight is 371 g/mol. The maximum absolute atomic E-state index is 4.37. The average Bonchev–Trinajstić information content (AvgIpc) is 2.33. The van der Waals surface area contributed by atoms with Crippen LogP contribution in [0, 0.1) is 6.92 Å². The maximum Gasteiger partial charge on any atom is 0.0835 e. The number of nitrogens with zero attached hydrogens (tertiary/aromatic N) is 2. The van der Waals surface area contributed by atoms with Gasteiger partial charge in [-0.1, -0.05) is 15.9 Å². The minimum absolute atomic E-state index is 0.108. The fraction of sp³-hybridized carbons (Fsp3) is 0.231. The van der Waals surface area contributed by atoms with Crippen LogP contribution in [0.25, 0.3) is 0 Å². The molecule has 0 saturated heterocycles. The molecular formula is C13H13Br2N3. The minimum Gasteiger partial charge on any atom is -0.376 e. The van der Waals surface area contributed by atoms with Crippen LogP contribution in [0.2, 0.25) is 0 Å². The normalized spacial score (nSPS) is 12.2. The molecule has 1 aromatic carbocycles. The molecule has 1 N–H and O–H groups in total. The maximum atomic E-state index is 4.37. The molecule has 0 radical (unpaired) electrons. The number of hydrogen-bond acceptors (Lipinski definition) is 3. The third kappa shape index (κ3) is 3.09. The molecule has 2 rings (SSSR count). The Morgan fingerprint density at radius 1 is 1.17 bits per heavy atom. The van der Waals surface area contributed by atoms with Gasteiger partial charge < -0.3 is 5.32 Å². The second-order valence-corrected chi connectivity index (χ2v) is 5.79. The molecule has 0 aliphatic rings. The van der Waals surface area contributed by atoms with Gasteiger partial charge in [-0.05, 0) is 48.0 Å². The molecule has 94 valence electrons. The Kier molecular flexibility index (Phi) is 4.35. The summed E-state index contributed by atoms with van der Waals surface area (Å²) in [5, 5.41) is 3.42. The van der Waals surface area contributed by atoms with Crippen LogP contribution in [-0.2, 0) is 0 Å². The van der Waals surface area contributed by atoms with Crippen molar-refractivity contribution in [1.82, 2.24) is 9.97 Å². The van der Waals surface area contributed by atoms with Crippen molar-refractivity contribution in [2.45, 2.75) is 19.9 Å². The fourth-order valence-electron chi connectivity index (χ4n) is 1.75. The van der Waals surface area contributed by atoms with Crippen LogP contribution in [0.15, 0.2) is 39.5 Å². The predicted molar refractivity (Wildman–Crippen MR) is 80.6 cm³/mol. The highest BCUT2D eigenvalue weighted by Gasteiger charge is 2.11. The summed E-state index contributed by atoms with van der Waals surface area (Å²) in [7, 11) is 0. The molecule has 2 aromatic rings. The Morgan fingerprint density at radius 3 is 2.56 bits per heavy atom. The van der Waals surface area contributed by atoms with Crippen LogP contribution in [-0.4, -0.2) is 9.97 Å². The van der Waals surface area contributed by atoms with Crippen molar-refractivity contribution in [2.75, 3.05) is 5.32 Å². The van der Waals surface area contributed by atoms with Crippen LogP contribution >= 0.6 is 31.9 Å². The molecule has 3 nitrogen and oxygen atoms in total.